The van der Waals surface area contributed by atoms with E-state index in [4.69, 9.17) is 11.6 Å². The number of aryl methyl sites for hydroxylation is 2. The van der Waals surface area contributed by atoms with E-state index in [2.05, 4.69) is 55.1 Å². The third-order valence-corrected chi connectivity index (χ3v) is 3.13. The second-order valence-electron chi connectivity index (χ2n) is 5.98. The van der Waals surface area contributed by atoms with E-state index >= 15 is 0 Å². The van der Waals surface area contributed by atoms with Crippen molar-refractivity contribution in [3.05, 3.63) is 11.4 Å². The molecule has 0 aromatic carbocycles. The number of nitrogens with one attached hydrogen (secondary N) is 1. The second kappa shape index (κ2) is 7.04. The van der Waals surface area contributed by atoms with Gasteiger partial charge >= 0.3 is 0 Å². The van der Waals surface area contributed by atoms with Crippen molar-refractivity contribution in [2.45, 2.75) is 59.3 Å². The zero-order chi connectivity index (χ0) is 14.5. The standard InChI is InChI=1S/C14H25ClN4/c1-6-11-12(7-2)18-19-13(17-11)16-9-10(15)8-14(3,4)5/h10H,6-9H2,1-5H3,(H,16,17,19). The van der Waals surface area contributed by atoms with Crippen molar-refractivity contribution in [3.8, 4) is 0 Å². The fourth-order valence-electron chi connectivity index (χ4n) is 1.95. The lowest BCUT2D eigenvalue weighted by atomic mass is 9.90. The number of aromatic nitrogens is 3. The van der Waals surface area contributed by atoms with Crippen LogP contribution in [0.15, 0.2) is 0 Å². The first-order chi connectivity index (χ1) is 8.85. The van der Waals surface area contributed by atoms with Crippen molar-refractivity contribution >= 4 is 17.5 Å². The van der Waals surface area contributed by atoms with Crippen molar-refractivity contribution in [2.24, 2.45) is 5.41 Å². The van der Waals surface area contributed by atoms with Gasteiger partial charge in [0.15, 0.2) is 0 Å². The summed E-state index contributed by atoms with van der Waals surface area (Å²) in [5.41, 5.74) is 2.22. The predicted octanol–water partition coefficient (Wildman–Crippen LogP) is 3.45. The predicted molar refractivity (Wildman–Crippen MR) is 80.8 cm³/mol. The van der Waals surface area contributed by atoms with Crippen LogP contribution in [0.25, 0.3) is 0 Å². The minimum absolute atomic E-state index is 0.0690. The van der Waals surface area contributed by atoms with Crippen LogP contribution in [-0.2, 0) is 12.8 Å². The fourth-order valence-corrected chi connectivity index (χ4v) is 2.49. The van der Waals surface area contributed by atoms with Crippen LogP contribution < -0.4 is 5.32 Å². The molecule has 1 heterocycles. The smallest absolute Gasteiger partial charge is 0.243 e. The monoisotopic (exact) mass is 284 g/mol. The van der Waals surface area contributed by atoms with Gasteiger partial charge < -0.3 is 5.32 Å². The van der Waals surface area contributed by atoms with Crippen molar-refractivity contribution in [1.82, 2.24) is 15.2 Å². The van der Waals surface area contributed by atoms with Gasteiger partial charge in [0, 0.05) is 6.54 Å². The zero-order valence-corrected chi connectivity index (χ0v) is 13.4. The van der Waals surface area contributed by atoms with Gasteiger partial charge in [-0.25, -0.2) is 4.98 Å². The average molecular weight is 285 g/mol. The molecule has 0 radical (unpaired) electrons. The number of hydrogen-bond donors (Lipinski definition) is 1. The first-order valence-electron chi connectivity index (χ1n) is 6.96. The number of hydrogen-bond acceptors (Lipinski definition) is 4. The fraction of sp³-hybridized carbons (Fsp3) is 0.786. The average Bonchev–Trinajstić information content (AvgIpc) is 2.33. The van der Waals surface area contributed by atoms with E-state index in [9.17, 15) is 0 Å². The molecule has 0 aliphatic carbocycles. The summed E-state index contributed by atoms with van der Waals surface area (Å²) < 4.78 is 0. The highest BCUT2D eigenvalue weighted by atomic mass is 35.5. The van der Waals surface area contributed by atoms with Gasteiger partial charge in [-0.05, 0) is 24.7 Å². The van der Waals surface area contributed by atoms with Crippen LogP contribution in [-0.4, -0.2) is 27.1 Å². The lowest BCUT2D eigenvalue weighted by Crippen LogP contribution is -2.22. The van der Waals surface area contributed by atoms with Gasteiger partial charge in [-0.3, -0.25) is 0 Å². The Hall–Kier alpha value is -0.900. The van der Waals surface area contributed by atoms with Crippen LogP contribution >= 0.6 is 11.6 Å². The first-order valence-corrected chi connectivity index (χ1v) is 7.39. The molecule has 0 aliphatic rings. The third-order valence-electron chi connectivity index (χ3n) is 2.82. The van der Waals surface area contributed by atoms with Crippen LogP contribution in [0.4, 0.5) is 5.95 Å². The second-order valence-corrected chi connectivity index (χ2v) is 6.60. The molecule has 0 spiro atoms. The number of nitrogens with zero attached hydrogens (tertiary/aromatic N) is 3. The Morgan fingerprint density at radius 3 is 2.26 bits per heavy atom. The molecule has 0 aliphatic heterocycles. The zero-order valence-electron chi connectivity index (χ0n) is 12.6. The molecule has 0 fully saturated rings. The molecule has 1 N–H and O–H groups in total. The van der Waals surface area contributed by atoms with E-state index < -0.39 is 0 Å². The summed E-state index contributed by atoms with van der Waals surface area (Å²) in [6, 6.07) is 0. The molecule has 5 heteroatoms. The summed E-state index contributed by atoms with van der Waals surface area (Å²) in [4.78, 5) is 4.49. The van der Waals surface area contributed by atoms with Crippen LogP contribution in [0.5, 0.6) is 0 Å². The van der Waals surface area contributed by atoms with Gasteiger partial charge in [0.25, 0.3) is 0 Å². The number of alkyl halides is 1. The molecule has 108 valence electrons. The van der Waals surface area contributed by atoms with E-state index in [-0.39, 0.29) is 10.8 Å². The Balaban J connectivity index is 2.58. The van der Waals surface area contributed by atoms with Gasteiger partial charge in [0.2, 0.25) is 5.95 Å². The van der Waals surface area contributed by atoms with E-state index in [1.165, 1.54) is 0 Å². The highest BCUT2D eigenvalue weighted by molar-refractivity contribution is 6.20. The molecule has 1 aromatic rings. The van der Waals surface area contributed by atoms with Crippen LogP contribution in [0, 0.1) is 5.41 Å². The lowest BCUT2D eigenvalue weighted by molar-refractivity contribution is 0.373. The van der Waals surface area contributed by atoms with Crippen molar-refractivity contribution in [3.63, 3.8) is 0 Å². The summed E-state index contributed by atoms with van der Waals surface area (Å²) in [5, 5.41) is 11.5. The minimum Gasteiger partial charge on any atom is -0.351 e. The highest BCUT2D eigenvalue weighted by Gasteiger charge is 2.17. The Labute approximate surface area is 121 Å². The number of anilines is 1. The van der Waals surface area contributed by atoms with Gasteiger partial charge in [-0.1, -0.05) is 34.6 Å². The van der Waals surface area contributed by atoms with Crippen LogP contribution in [0.1, 0.15) is 52.4 Å². The van der Waals surface area contributed by atoms with Crippen molar-refractivity contribution in [2.75, 3.05) is 11.9 Å². The molecule has 4 nitrogen and oxygen atoms in total. The molecule has 0 saturated heterocycles. The van der Waals surface area contributed by atoms with E-state index in [0.29, 0.717) is 12.5 Å². The molecule has 1 unspecified atom stereocenters. The van der Waals surface area contributed by atoms with E-state index in [1.807, 2.05) is 0 Å². The molecule has 1 atom stereocenters. The molecule has 0 amide bonds. The van der Waals surface area contributed by atoms with E-state index in [0.717, 1.165) is 30.7 Å². The Kier molecular flexibility index (Phi) is 5.98. The largest absolute Gasteiger partial charge is 0.351 e. The molecule has 0 bridgehead atoms. The SMILES string of the molecule is CCc1nnc(NCC(Cl)CC(C)(C)C)nc1CC. The highest BCUT2D eigenvalue weighted by Crippen LogP contribution is 2.23. The minimum atomic E-state index is 0.0690. The maximum Gasteiger partial charge on any atom is 0.243 e. The van der Waals surface area contributed by atoms with E-state index in [1.54, 1.807) is 0 Å². The molecular formula is C14H25ClN4. The van der Waals surface area contributed by atoms with Gasteiger partial charge in [0.1, 0.15) is 0 Å². The Bertz CT molecular complexity index is 401. The summed E-state index contributed by atoms with van der Waals surface area (Å²) in [6.07, 6.45) is 2.69. The molecule has 0 saturated carbocycles. The Morgan fingerprint density at radius 1 is 1.11 bits per heavy atom. The first kappa shape index (κ1) is 16.2. The summed E-state index contributed by atoms with van der Waals surface area (Å²) in [6.45, 7) is 11.4. The maximum atomic E-state index is 6.31. The van der Waals surface area contributed by atoms with Crippen molar-refractivity contribution < 1.29 is 0 Å². The van der Waals surface area contributed by atoms with Gasteiger partial charge in [0.05, 0.1) is 16.8 Å². The number of rotatable bonds is 6. The molecule has 1 rings (SSSR count). The Morgan fingerprint density at radius 2 is 1.74 bits per heavy atom. The van der Waals surface area contributed by atoms with Crippen molar-refractivity contribution in [1.29, 1.82) is 0 Å². The quantitative estimate of drug-likeness (QED) is 0.813. The van der Waals surface area contributed by atoms with Gasteiger partial charge in [-0.2, -0.15) is 5.10 Å². The molecule has 1 aromatic heterocycles. The summed E-state index contributed by atoms with van der Waals surface area (Å²) >= 11 is 6.31. The van der Waals surface area contributed by atoms with Crippen LogP contribution in [0.2, 0.25) is 0 Å². The molecule has 19 heavy (non-hydrogen) atoms. The third kappa shape index (κ3) is 5.72. The summed E-state index contributed by atoms with van der Waals surface area (Å²) in [5.74, 6) is 0.577. The number of halogens is 1. The topological polar surface area (TPSA) is 50.7 Å². The normalized spacial score (nSPS) is 13.4. The summed E-state index contributed by atoms with van der Waals surface area (Å²) in [7, 11) is 0. The lowest BCUT2D eigenvalue weighted by Gasteiger charge is -2.21. The van der Waals surface area contributed by atoms with Gasteiger partial charge in [-0.15, -0.1) is 16.7 Å². The molecular weight excluding hydrogens is 260 g/mol. The maximum absolute atomic E-state index is 6.31. The van der Waals surface area contributed by atoms with Crippen LogP contribution in [0.3, 0.4) is 0 Å².